The third kappa shape index (κ3) is 3.02. The van der Waals surface area contributed by atoms with Gasteiger partial charge in [-0.25, -0.2) is 4.98 Å². The van der Waals surface area contributed by atoms with E-state index in [0.29, 0.717) is 11.6 Å². The quantitative estimate of drug-likeness (QED) is 0.329. The summed E-state index contributed by atoms with van der Waals surface area (Å²) in [6.07, 6.45) is 3.77. The number of anilines is 4. The minimum Gasteiger partial charge on any atom is -0.506 e. The van der Waals surface area contributed by atoms with Crippen molar-refractivity contribution in [3.05, 3.63) is 66.6 Å². The molecule has 3 aromatic heterocycles. The van der Waals surface area contributed by atoms with Crippen molar-refractivity contribution in [2.45, 2.75) is 6.92 Å². The number of nitrogens with zero attached hydrogens (tertiary/aromatic N) is 3. The first-order valence-electron chi connectivity index (χ1n) is 9.31. The van der Waals surface area contributed by atoms with E-state index in [0.717, 1.165) is 39.0 Å². The Labute approximate surface area is 167 Å². The molecule has 0 spiro atoms. The Morgan fingerprint density at radius 2 is 1.72 bits per heavy atom. The van der Waals surface area contributed by atoms with Gasteiger partial charge in [0.25, 0.3) is 0 Å². The van der Waals surface area contributed by atoms with Gasteiger partial charge in [-0.15, -0.1) is 0 Å². The summed E-state index contributed by atoms with van der Waals surface area (Å²) >= 11 is 0. The molecule has 0 saturated heterocycles. The fourth-order valence-corrected chi connectivity index (χ4v) is 3.53. The van der Waals surface area contributed by atoms with Crippen molar-refractivity contribution >= 4 is 44.9 Å². The van der Waals surface area contributed by atoms with E-state index in [-0.39, 0.29) is 5.75 Å². The first kappa shape index (κ1) is 17.1. The average Bonchev–Trinajstić information content (AvgIpc) is 3.37. The molecular weight excluding hydrogens is 364 g/mol. The van der Waals surface area contributed by atoms with Crippen molar-refractivity contribution in [3.8, 4) is 5.75 Å². The van der Waals surface area contributed by atoms with Crippen LogP contribution in [0.5, 0.6) is 5.75 Å². The molecule has 0 aliphatic rings. The van der Waals surface area contributed by atoms with E-state index in [1.807, 2.05) is 55.5 Å². The summed E-state index contributed by atoms with van der Waals surface area (Å²) in [6.45, 7) is 1.93. The molecule has 0 fully saturated rings. The fourth-order valence-electron chi connectivity index (χ4n) is 3.53. The molecule has 0 bridgehead atoms. The van der Waals surface area contributed by atoms with Gasteiger partial charge in [-0.3, -0.25) is 0 Å². The van der Waals surface area contributed by atoms with Crippen molar-refractivity contribution in [3.63, 3.8) is 0 Å². The number of benzene rings is 2. The minimum absolute atomic E-state index is 0.148. The molecule has 144 valence electrons. The number of phenolic OH excluding ortho intramolecular Hbond substituents is 1. The predicted molar refractivity (Wildman–Crippen MR) is 116 cm³/mol. The minimum atomic E-state index is 0.148. The topological polar surface area (TPSA) is 92.9 Å². The molecule has 29 heavy (non-hydrogen) atoms. The standard InChI is InChI=1S/C22H20N6O/c1-13-11-20(28(2)15-3-4-17-14(12-15)7-9-23-17)26-22(25-13)27-21-16-8-10-24-18(16)5-6-19(21)29/h3-12,23-24,29H,1-2H3,(H,25,26,27). The molecule has 0 radical (unpaired) electrons. The molecule has 0 saturated carbocycles. The van der Waals surface area contributed by atoms with Gasteiger partial charge in [-0.1, -0.05) is 0 Å². The van der Waals surface area contributed by atoms with E-state index in [4.69, 9.17) is 0 Å². The highest BCUT2D eigenvalue weighted by Crippen LogP contribution is 2.34. The number of phenols is 1. The zero-order chi connectivity index (χ0) is 20.0. The average molecular weight is 384 g/mol. The van der Waals surface area contributed by atoms with E-state index >= 15 is 0 Å². The number of aromatic amines is 2. The second-order valence-corrected chi connectivity index (χ2v) is 7.02. The van der Waals surface area contributed by atoms with Crippen molar-refractivity contribution in [1.82, 2.24) is 19.9 Å². The number of aromatic hydroxyl groups is 1. The molecule has 5 aromatic rings. The number of aryl methyl sites for hydroxylation is 1. The Kier molecular flexibility index (Phi) is 3.87. The Balaban J connectivity index is 1.52. The van der Waals surface area contributed by atoms with Gasteiger partial charge in [0.1, 0.15) is 11.6 Å². The number of hydrogen-bond acceptors (Lipinski definition) is 5. The maximum Gasteiger partial charge on any atom is 0.229 e. The molecule has 4 N–H and O–H groups in total. The lowest BCUT2D eigenvalue weighted by Crippen LogP contribution is -2.13. The largest absolute Gasteiger partial charge is 0.506 e. The zero-order valence-corrected chi connectivity index (χ0v) is 16.1. The maximum atomic E-state index is 10.3. The van der Waals surface area contributed by atoms with Crippen LogP contribution in [0.2, 0.25) is 0 Å². The van der Waals surface area contributed by atoms with Crippen molar-refractivity contribution in [2.75, 3.05) is 17.3 Å². The van der Waals surface area contributed by atoms with Crippen LogP contribution in [0.1, 0.15) is 5.69 Å². The Hall–Kier alpha value is -4.00. The summed E-state index contributed by atoms with van der Waals surface area (Å²) < 4.78 is 0. The van der Waals surface area contributed by atoms with Gasteiger partial charge in [0, 0.05) is 58.7 Å². The Morgan fingerprint density at radius 3 is 2.62 bits per heavy atom. The van der Waals surface area contributed by atoms with E-state index in [1.54, 1.807) is 6.07 Å². The van der Waals surface area contributed by atoms with Gasteiger partial charge in [0.05, 0.1) is 5.69 Å². The predicted octanol–water partition coefficient (Wildman–Crippen LogP) is 4.96. The molecule has 0 unspecified atom stereocenters. The fraction of sp³-hybridized carbons (Fsp3) is 0.0909. The van der Waals surface area contributed by atoms with Gasteiger partial charge in [-0.05, 0) is 49.4 Å². The molecule has 7 nitrogen and oxygen atoms in total. The molecule has 0 amide bonds. The molecule has 7 heteroatoms. The SMILES string of the molecule is Cc1cc(N(C)c2ccc3[nH]ccc3c2)nc(Nc2c(O)ccc3[nH]ccc23)n1. The summed E-state index contributed by atoms with van der Waals surface area (Å²) in [7, 11) is 1.98. The lowest BCUT2D eigenvalue weighted by molar-refractivity contribution is 0.478. The first-order valence-corrected chi connectivity index (χ1v) is 9.31. The molecule has 0 atom stereocenters. The van der Waals surface area contributed by atoms with Crippen LogP contribution in [0, 0.1) is 6.92 Å². The molecule has 3 heterocycles. The van der Waals surface area contributed by atoms with Crippen LogP contribution in [0.4, 0.5) is 23.1 Å². The highest BCUT2D eigenvalue weighted by Gasteiger charge is 2.13. The summed E-state index contributed by atoms with van der Waals surface area (Å²) in [5.74, 6) is 1.34. The second-order valence-electron chi connectivity index (χ2n) is 7.02. The van der Waals surface area contributed by atoms with Gasteiger partial charge in [0.15, 0.2) is 0 Å². The van der Waals surface area contributed by atoms with Gasteiger partial charge in [0.2, 0.25) is 5.95 Å². The van der Waals surface area contributed by atoms with E-state index in [9.17, 15) is 5.11 Å². The third-order valence-corrected chi connectivity index (χ3v) is 5.06. The van der Waals surface area contributed by atoms with Crippen LogP contribution in [-0.2, 0) is 0 Å². The summed E-state index contributed by atoms with van der Waals surface area (Å²) in [6, 6.07) is 15.6. The molecule has 2 aromatic carbocycles. The Bertz CT molecular complexity index is 1340. The second kappa shape index (κ2) is 6.56. The van der Waals surface area contributed by atoms with Crippen LogP contribution in [0.25, 0.3) is 21.8 Å². The van der Waals surface area contributed by atoms with Crippen molar-refractivity contribution in [1.29, 1.82) is 0 Å². The molecule has 0 aliphatic carbocycles. The highest BCUT2D eigenvalue weighted by atomic mass is 16.3. The lowest BCUT2D eigenvalue weighted by Gasteiger charge is -2.20. The summed E-state index contributed by atoms with van der Waals surface area (Å²) in [5.41, 5.74) is 4.45. The molecule has 5 rings (SSSR count). The van der Waals surface area contributed by atoms with Crippen molar-refractivity contribution < 1.29 is 5.11 Å². The van der Waals surface area contributed by atoms with E-state index < -0.39 is 0 Å². The summed E-state index contributed by atoms with van der Waals surface area (Å²) in [5, 5.41) is 15.6. The zero-order valence-electron chi connectivity index (χ0n) is 16.1. The first-order chi connectivity index (χ1) is 14.1. The lowest BCUT2D eigenvalue weighted by atomic mass is 10.2. The number of rotatable bonds is 4. The van der Waals surface area contributed by atoms with Crippen molar-refractivity contribution in [2.24, 2.45) is 0 Å². The van der Waals surface area contributed by atoms with E-state index in [1.165, 1.54) is 0 Å². The number of aromatic nitrogens is 4. The van der Waals surface area contributed by atoms with Crippen LogP contribution >= 0.6 is 0 Å². The molecule has 0 aliphatic heterocycles. The van der Waals surface area contributed by atoms with Crippen LogP contribution in [0.15, 0.2) is 60.9 Å². The smallest absolute Gasteiger partial charge is 0.229 e. The Morgan fingerprint density at radius 1 is 0.931 bits per heavy atom. The van der Waals surface area contributed by atoms with Crippen LogP contribution in [0.3, 0.4) is 0 Å². The monoisotopic (exact) mass is 384 g/mol. The van der Waals surface area contributed by atoms with Gasteiger partial charge in [-0.2, -0.15) is 4.98 Å². The maximum absolute atomic E-state index is 10.3. The molecular formula is C22H20N6O. The highest BCUT2D eigenvalue weighted by molar-refractivity contribution is 5.96. The van der Waals surface area contributed by atoms with Gasteiger partial charge < -0.3 is 25.3 Å². The summed E-state index contributed by atoms with van der Waals surface area (Å²) in [4.78, 5) is 17.6. The number of nitrogens with one attached hydrogen (secondary N) is 3. The van der Waals surface area contributed by atoms with Crippen LogP contribution in [-0.4, -0.2) is 32.1 Å². The normalized spacial score (nSPS) is 11.2. The van der Waals surface area contributed by atoms with Gasteiger partial charge >= 0.3 is 0 Å². The number of hydrogen-bond donors (Lipinski definition) is 4. The van der Waals surface area contributed by atoms with Crippen LogP contribution < -0.4 is 10.2 Å². The third-order valence-electron chi connectivity index (χ3n) is 5.06. The number of fused-ring (bicyclic) bond motifs is 2. The number of H-pyrrole nitrogens is 2. The van der Waals surface area contributed by atoms with E-state index in [2.05, 4.69) is 43.5 Å².